The van der Waals surface area contributed by atoms with Crippen molar-refractivity contribution in [2.75, 3.05) is 5.32 Å². The number of aromatic nitrogens is 2. The summed E-state index contributed by atoms with van der Waals surface area (Å²) in [6.07, 6.45) is 9.18. The van der Waals surface area contributed by atoms with Gasteiger partial charge in [0.15, 0.2) is 5.78 Å². The van der Waals surface area contributed by atoms with Gasteiger partial charge in [-0.25, -0.2) is 0 Å². The maximum Gasteiger partial charge on any atom is 0.296 e. The van der Waals surface area contributed by atoms with Crippen LogP contribution in [0.4, 0.5) is 5.69 Å². The first-order chi connectivity index (χ1) is 17.6. The number of fused-ring (bicyclic) bond motifs is 1. The molecule has 4 aromatic rings. The molecule has 36 heavy (non-hydrogen) atoms. The molecule has 6 heteroatoms. The molecule has 0 bridgehead atoms. The van der Waals surface area contributed by atoms with Crippen molar-refractivity contribution in [3.63, 3.8) is 0 Å². The number of Topliss-reactive ketones (excluding diaryl/α,β-unsaturated/α-hetero) is 1. The number of hydrogen-bond acceptors (Lipinski definition) is 4. The number of nitrogens with zero attached hydrogens (tertiary/aromatic N) is 1. The topological polar surface area (TPSA) is 91.9 Å². The van der Waals surface area contributed by atoms with E-state index < -0.39 is 11.7 Å². The second kappa shape index (κ2) is 10.4. The number of aromatic amines is 1. The molecule has 3 aromatic carbocycles. The standard InChI is InChI=1S/C30H25N3O3/c34-28(22-12-7-13-24(18-22)31-30(36)29(35)21-10-5-2-6-11-21)23-15-16-25-26(32-33-27(25)19-23)17-14-20-8-3-1-4-9-20/h1,3-4,7-10,12-19H,2,5-6,11H2,(H,31,36)(H,32,33)/b17-14+. The Labute approximate surface area is 208 Å². The van der Waals surface area contributed by atoms with Crippen LogP contribution in [0.2, 0.25) is 0 Å². The number of anilines is 1. The molecule has 0 fully saturated rings. The van der Waals surface area contributed by atoms with Crippen LogP contribution in [0, 0.1) is 0 Å². The number of hydrogen-bond donors (Lipinski definition) is 2. The highest BCUT2D eigenvalue weighted by molar-refractivity contribution is 6.46. The molecule has 5 rings (SSSR count). The van der Waals surface area contributed by atoms with Crippen LogP contribution in [0.3, 0.4) is 0 Å². The molecule has 0 radical (unpaired) electrons. The van der Waals surface area contributed by atoms with E-state index in [1.165, 1.54) is 0 Å². The number of benzene rings is 3. The first kappa shape index (κ1) is 23.2. The second-order valence-corrected chi connectivity index (χ2v) is 8.78. The molecular weight excluding hydrogens is 450 g/mol. The van der Waals surface area contributed by atoms with Crippen LogP contribution in [-0.2, 0) is 9.59 Å². The summed E-state index contributed by atoms with van der Waals surface area (Å²) in [4.78, 5) is 38.1. The van der Waals surface area contributed by atoms with E-state index in [1.807, 2.05) is 54.6 Å². The molecule has 2 N–H and O–H groups in total. The fourth-order valence-corrected chi connectivity index (χ4v) is 4.33. The summed E-state index contributed by atoms with van der Waals surface area (Å²) >= 11 is 0. The van der Waals surface area contributed by atoms with Crippen LogP contribution in [0.5, 0.6) is 0 Å². The summed E-state index contributed by atoms with van der Waals surface area (Å²) in [6, 6.07) is 22.0. The van der Waals surface area contributed by atoms with Gasteiger partial charge in [0.2, 0.25) is 5.78 Å². The summed E-state index contributed by atoms with van der Waals surface area (Å²) in [5.41, 5.74) is 4.50. The lowest BCUT2D eigenvalue weighted by molar-refractivity contribution is -0.132. The van der Waals surface area contributed by atoms with E-state index in [4.69, 9.17) is 0 Å². The average Bonchev–Trinajstić information content (AvgIpc) is 3.34. The monoisotopic (exact) mass is 475 g/mol. The molecule has 1 aliphatic rings. The predicted molar refractivity (Wildman–Crippen MR) is 142 cm³/mol. The zero-order valence-corrected chi connectivity index (χ0v) is 19.7. The van der Waals surface area contributed by atoms with Gasteiger partial charge in [-0.15, -0.1) is 0 Å². The van der Waals surface area contributed by atoms with Gasteiger partial charge in [0.25, 0.3) is 5.91 Å². The molecule has 1 aliphatic carbocycles. The van der Waals surface area contributed by atoms with Crippen LogP contribution in [0.15, 0.2) is 84.4 Å². The number of rotatable bonds is 7. The third-order valence-corrected chi connectivity index (χ3v) is 6.26. The maximum absolute atomic E-state index is 13.2. The van der Waals surface area contributed by atoms with Crippen molar-refractivity contribution in [1.29, 1.82) is 0 Å². The van der Waals surface area contributed by atoms with Crippen molar-refractivity contribution >= 4 is 46.2 Å². The van der Waals surface area contributed by atoms with Crippen LogP contribution >= 0.6 is 0 Å². The fourth-order valence-electron chi connectivity index (χ4n) is 4.33. The molecule has 6 nitrogen and oxygen atoms in total. The van der Waals surface area contributed by atoms with Crippen LogP contribution < -0.4 is 5.32 Å². The average molecular weight is 476 g/mol. The minimum absolute atomic E-state index is 0.190. The zero-order chi connectivity index (χ0) is 24.9. The molecule has 0 atom stereocenters. The number of carbonyl (C=O) groups excluding carboxylic acids is 3. The Morgan fingerprint density at radius 1 is 0.861 bits per heavy atom. The first-order valence-corrected chi connectivity index (χ1v) is 12.0. The van der Waals surface area contributed by atoms with Gasteiger partial charge in [-0.1, -0.05) is 60.7 Å². The van der Waals surface area contributed by atoms with E-state index in [2.05, 4.69) is 15.5 Å². The van der Waals surface area contributed by atoms with Gasteiger partial charge < -0.3 is 5.32 Å². The number of ketones is 2. The van der Waals surface area contributed by atoms with E-state index in [0.717, 1.165) is 41.4 Å². The smallest absolute Gasteiger partial charge is 0.296 e. The van der Waals surface area contributed by atoms with Crippen molar-refractivity contribution in [1.82, 2.24) is 10.2 Å². The van der Waals surface area contributed by atoms with E-state index in [-0.39, 0.29) is 5.78 Å². The SMILES string of the molecule is O=C(Nc1cccc(C(=O)c2ccc3c(/C=C/c4ccccc4)n[nH]c3c2)c1)C(=O)C1=CCCCC1. The Balaban J connectivity index is 1.32. The third-order valence-electron chi connectivity index (χ3n) is 6.26. The third kappa shape index (κ3) is 5.08. The fraction of sp³-hybridized carbons (Fsp3) is 0.133. The molecule has 0 aliphatic heterocycles. The maximum atomic E-state index is 13.2. The Kier molecular flexibility index (Phi) is 6.67. The summed E-state index contributed by atoms with van der Waals surface area (Å²) in [5.74, 6) is -1.37. The number of nitrogens with one attached hydrogen (secondary N) is 2. The number of amides is 1. The molecule has 1 aromatic heterocycles. The van der Waals surface area contributed by atoms with E-state index in [1.54, 1.807) is 36.4 Å². The van der Waals surface area contributed by atoms with Crippen molar-refractivity contribution in [2.45, 2.75) is 25.7 Å². The summed E-state index contributed by atoms with van der Waals surface area (Å²) in [7, 11) is 0. The van der Waals surface area contributed by atoms with Gasteiger partial charge in [0.1, 0.15) is 0 Å². The minimum Gasteiger partial charge on any atom is -0.319 e. The largest absolute Gasteiger partial charge is 0.319 e. The van der Waals surface area contributed by atoms with Gasteiger partial charge in [-0.3, -0.25) is 19.5 Å². The van der Waals surface area contributed by atoms with Crippen LogP contribution in [0.1, 0.15) is 52.9 Å². The molecular formula is C30H25N3O3. The number of H-pyrrole nitrogens is 1. The lowest BCUT2D eigenvalue weighted by Gasteiger charge is -2.12. The summed E-state index contributed by atoms with van der Waals surface area (Å²) < 4.78 is 0. The Bertz CT molecular complexity index is 1510. The van der Waals surface area contributed by atoms with Gasteiger partial charge in [0.05, 0.1) is 11.2 Å². The lowest BCUT2D eigenvalue weighted by atomic mass is 9.96. The highest BCUT2D eigenvalue weighted by Crippen LogP contribution is 2.23. The van der Waals surface area contributed by atoms with E-state index in [9.17, 15) is 14.4 Å². The quantitative estimate of drug-likeness (QED) is 0.254. The number of carbonyl (C=O) groups is 3. The minimum atomic E-state index is -0.678. The van der Waals surface area contributed by atoms with Gasteiger partial charge >= 0.3 is 0 Å². The van der Waals surface area contributed by atoms with Crippen molar-refractivity contribution < 1.29 is 14.4 Å². The van der Waals surface area contributed by atoms with Gasteiger partial charge in [-0.2, -0.15) is 5.10 Å². The molecule has 1 heterocycles. The molecule has 1 amide bonds. The van der Waals surface area contributed by atoms with E-state index in [0.29, 0.717) is 28.8 Å². The van der Waals surface area contributed by atoms with Gasteiger partial charge in [-0.05, 0) is 61.6 Å². The van der Waals surface area contributed by atoms with Crippen LogP contribution in [-0.4, -0.2) is 27.7 Å². The molecule has 178 valence electrons. The summed E-state index contributed by atoms with van der Waals surface area (Å²) in [6.45, 7) is 0. The summed E-state index contributed by atoms with van der Waals surface area (Å²) in [5, 5.41) is 10.9. The Morgan fingerprint density at radius 2 is 1.69 bits per heavy atom. The molecule has 0 unspecified atom stereocenters. The molecule has 0 saturated heterocycles. The second-order valence-electron chi connectivity index (χ2n) is 8.78. The highest BCUT2D eigenvalue weighted by atomic mass is 16.2. The number of allylic oxidation sites excluding steroid dienone is 1. The normalized spacial score (nSPS) is 13.5. The molecule has 0 spiro atoms. The van der Waals surface area contributed by atoms with Crippen LogP contribution in [0.25, 0.3) is 23.1 Å². The van der Waals surface area contributed by atoms with E-state index >= 15 is 0 Å². The Morgan fingerprint density at radius 3 is 2.50 bits per heavy atom. The first-order valence-electron chi connectivity index (χ1n) is 12.0. The predicted octanol–water partition coefficient (Wildman–Crippen LogP) is 5.97. The van der Waals surface area contributed by atoms with Crippen molar-refractivity contribution in [3.8, 4) is 0 Å². The Hall–Kier alpha value is -4.58. The highest BCUT2D eigenvalue weighted by Gasteiger charge is 2.21. The zero-order valence-electron chi connectivity index (χ0n) is 19.7. The van der Waals surface area contributed by atoms with Gasteiger partial charge in [0, 0.05) is 27.8 Å². The van der Waals surface area contributed by atoms with Crippen molar-refractivity contribution in [3.05, 3.63) is 107 Å². The lowest BCUT2D eigenvalue weighted by Crippen LogP contribution is -2.25. The van der Waals surface area contributed by atoms with Crippen molar-refractivity contribution in [2.24, 2.45) is 0 Å². The molecule has 0 saturated carbocycles.